The van der Waals surface area contributed by atoms with Crippen LogP contribution in [0.5, 0.6) is 6.01 Å². The summed E-state index contributed by atoms with van der Waals surface area (Å²) in [4.78, 5) is 13.7. The van der Waals surface area contributed by atoms with Crippen molar-refractivity contribution in [3.05, 3.63) is 70.8 Å². The summed E-state index contributed by atoms with van der Waals surface area (Å²) < 4.78 is 5.61. The maximum atomic E-state index is 10.3. The summed E-state index contributed by atoms with van der Waals surface area (Å²) in [6, 6.07) is 0.270. The lowest BCUT2D eigenvalue weighted by molar-refractivity contribution is 0.310. The summed E-state index contributed by atoms with van der Waals surface area (Å²) in [7, 11) is 0. The van der Waals surface area contributed by atoms with Crippen molar-refractivity contribution in [2.45, 2.75) is 45.4 Å². The summed E-state index contributed by atoms with van der Waals surface area (Å²) in [6.07, 6.45) is 18.0. The molecule has 4 aliphatic carbocycles. The van der Waals surface area contributed by atoms with Crippen LogP contribution in [0.3, 0.4) is 0 Å². The molecule has 160 valence electrons. The molecule has 0 aromatic carbocycles. The predicted octanol–water partition coefficient (Wildman–Crippen LogP) is 5.40. The van der Waals surface area contributed by atoms with Gasteiger partial charge in [-0.05, 0) is 67.6 Å². The van der Waals surface area contributed by atoms with Crippen LogP contribution in [0.15, 0.2) is 59.1 Å². The zero-order valence-electron chi connectivity index (χ0n) is 17.7. The highest BCUT2D eigenvalue weighted by atomic mass is 16.5. The van der Waals surface area contributed by atoms with E-state index in [1.807, 2.05) is 6.92 Å². The van der Waals surface area contributed by atoms with Gasteiger partial charge in [-0.15, -0.1) is 0 Å². The van der Waals surface area contributed by atoms with Gasteiger partial charge in [0.05, 0.1) is 12.4 Å². The number of fused-ring (bicyclic) bond motifs is 2. The van der Waals surface area contributed by atoms with Crippen molar-refractivity contribution >= 4 is 11.1 Å². The van der Waals surface area contributed by atoms with Gasteiger partial charge < -0.3 is 14.9 Å². The molecule has 5 rings (SSSR count). The minimum absolute atomic E-state index is 0.000991. The van der Waals surface area contributed by atoms with E-state index < -0.39 is 0 Å². The molecule has 31 heavy (non-hydrogen) atoms. The largest absolute Gasteiger partial charge is 0.512 e. The van der Waals surface area contributed by atoms with Gasteiger partial charge in [0.2, 0.25) is 0 Å². The quantitative estimate of drug-likeness (QED) is 0.682. The molecule has 1 aromatic heterocycles. The molecule has 0 bridgehead atoms. The maximum Gasteiger partial charge on any atom is 0.320 e. The van der Waals surface area contributed by atoms with Gasteiger partial charge in [0, 0.05) is 18.1 Å². The van der Waals surface area contributed by atoms with Gasteiger partial charge in [-0.3, -0.25) is 0 Å². The van der Waals surface area contributed by atoms with E-state index in [0.717, 1.165) is 31.3 Å². The first-order valence-electron chi connectivity index (χ1n) is 11.1. The van der Waals surface area contributed by atoms with Crippen LogP contribution in [0.25, 0.3) is 11.1 Å². The van der Waals surface area contributed by atoms with E-state index in [1.54, 1.807) is 0 Å². The highest BCUT2D eigenvalue weighted by Gasteiger charge is 2.30. The lowest BCUT2D eigenvalue weighted by Gasteiger charge is -2.33. The molecule has 0 radical (unpaired) electrons. The lowest BCUT2D eigenvalue weighted by atomic mass is 9.72. The molecule has 2 atom stereocenters. The minimum Gasteiger partial charge on any atom is -0.512 e. The Bertz CT molecular complexity index is 1090. The Morgan fingerprint density at radius 1 is 1.00 bits per heavy atom. The van der Waals surface area contributed by atoms with Crippen LogP contribution in [-0.2, 0) is 0 Å². The number of allylic oxidation sites excluding steroid dienone is 11. The second kappa shape index (κ2) is 8.17. The molecule has 2 unspecified atom stereocenters. The molecule has 2 N–H and O–H groups in total. The van der Waals surface area contributed by atoms with E-state index >= 15 is 0 Å². The minimum atomic E-state index is 0.000991. The van der Waals surface area contributed by atoms with E-state index in [-0.39, 0.29) is 17.5 Å². The number of ether oxygens (including phenoxy) is 1. The van der Waals surface area contributed by atoms with Crippen molar-refractivity contribution in [2.24, 2.45) is 11.8 Å². The van der Waals surface area contributed by atoms with Gasteiger partial charge in [-0.2, -0.15) is 9.97 Å². The van der Waals surface area contributed by atoms with Crippen LogP contribution in [0.4, 0.5) is 0 Å². The molecule has 6 heteroatoms. The molecule has 1 heterocycles. The van der Waals surface area contributed by atoms with E-state index in [0.29, 0.717) is 48.5 Å². The summed E-state index contributed by atoms with van der Waals surface area (Å²) in [5, 5.41) is 20.0. The Kier molecular flexibility index (Phi) is 5.22. The molecular formula is C25H27N3O3. The SMILES string of the molecule is CCOc1nc(C2=CCC3C=C4C=CCCC4=CC3C2)nc(C2=C(O)C=C(O)CC2)n1. The van der Waals surface area contributed by atoms with Crippen molar-refractivity contribution in [3.63, 3.8) is 0 Å². The van der Waals surface area contributed by atoms with Crippen molar-refractivity contribution in [3.8, 4) is 6.01 Å². The molecule has 1 aromatic rings. The molecule has 4 aliphatic rings. The molecule has 0 saturated carbocycles. The van der Waals surface area contributed by atoms with Gasteiger partial charge in [-0.1, -0.05) is 30.4 Å². The predicted molar refractivity (Wildman–Crippen MR) is 119 cm³/mol. The van der Waals surface area contributed by atoms with Gasteiger partial charge in [0.15, 0.2) is 11.6 Å². The first-order valence-corrected chi connectivity index (χ1v) is 11.1. The van der Waals surface area contributed by atoms with Crippen molar-refractivity contribution in [1.82, 2.24) is 15.0 Å². The average Bonchev–Trinajstić information content (AvgIpc) is 2.77. The van der Waals surface area contributed by atoms with Gasteiger partial charge in [0.1, 0.15) is 5.76 Å². The Morgan fingerprint density at radius 3 is 2.71 bits per heavy atom. The average molecular weight is 418 g/mol. The summed E-state index contributed by atoms with van der Waals surface area (Å²) in [6.45, 7) is 2.34. The van der Waals surface area contributed by atoms with Crippen molar-refractivity contribution in [1.29, 1.82) is 0 Å². The van der Waals surface area contributed by atoms with E-state index in [1.165, 1.54) is 17.2 Å². The smallest absolute Gasteiger partial charge is 0.320 e. The summed E-state index contributed by atoms with van der Waals surface area (Å²) in [5.74, 6) is 2.15. The molecule has 0 saturated heterocycles. The van der Waals surface area contributed by atoms with Crippen molar-refractivity contribution in [2.75, 3.05) is 6.61 Å². The van der Waals surface area contributed by atoms with Gasteiger partial charge in [-0.25, -0.2) is 4.98 Å². The first-order chi connectivity index (χ1) is 15.1. The molecule has 6 nitrogen and oxygen atoms in total. The van der Waals surface area contributed by atoms with Gasteiger partial charge >= 0.3 is 6.01 Å². The van der Waals surface area contributed by atoms with Crippen LogP contribution < -0.4 is 4.74 Å². The van der Waals surface area contributed by atoms with Crippen LogP contribution in [0.1, 0.15) is 57.1 Å². The second-order valence-electron chi connectivity index (χ2n) is 8.45. The van der Waals surface area contributed by atoms with Crippen LogP contribution in [0, 0.1) is 11.8 Å². The number of aromatic nitrogens is 3. The van der Waals surface area contributed by atoms with Gasteiger partial charge in [0.25, 0.3) is 0 Å². The zero-order chi connectivity index (χ0) is 21.4. The standard InChI is InChI=1S/C25H27N3O3/c1-2-31-25-27-23(26-24(28-25)21-10-9-20(29)14-22(21)30)18-8-7-17-11-15-5-3-4-6-16(15)12-19(17)13-18/h3,5,8,11-12,14,17,19,29-30H,2,4,6-7,9-10,13H2,1H3. The van der Waals surface area contributed by atoms with E-state index in [2.05, 4.69) is 40.3 Å². The Balaban J connectivity index is 1.49. The third-order valence-corrected chi connectivity index (χ3v) is 6.39. The van der Waals surface area contributed by atoms with Crippen LogP contribution in [0.2, 0.25) is 0 Å². The van der Waals surface area contributed by atoms with Crippen molar-refractivity contribution < 1.29 is 14.9 Å². The highest BCUT2D eigenvalue weighted by molar-refractivity contribution is 5.69. The number of aliphatic hydroxyl groups is 2. The fraction of sp³-hybridized carbons (Fsp3) is 0.400. The first kappa shape index (κ1) is 19.8. The van der Waals surface area contributed by atoms with Crippen LogP contribution >= 0.6 is 0 Å². The Labute approximate surface area is 182 Å². The number of rotatable bonds is 4. The molecule has 0 amide bonds. The topological polar surface area (TPSA) is 88.4 Å². The molecule has 0 spiro atoms. The lowest BCUT2D eigenvalue weighted by Crippen LogP contribution is -2.21. The van der Waals surface area contributed by atoms with Crippen LogP contribution in [-0.4, -0.2) is 31.8 Å². The third-order valence-electron chi connectivity index (χ3n) is 6.39. The summed E-state index contributed by atoms with van der Waals surface area (Å²) in [5.41, 5.74) is 4.56. The number of hydrogen-bond donors (Lipinski definition) is 2. The molecular weight excluding hydrogens is 390 g/mol. The maximum absolute atomic E-state index is 10.3. The normalized spacial score (nSPS) is 25.1. The monoisotopic (exact) mass is 417 g/mol. The fourth-order valence-electron chi connectivity index (χ4n) is 4.78. The van der Waals surface area contributed by atoms with E-state index in [4.69, 9.17) is 9.72 Å². The zero-order valence-corrected chi connectivity index (χ0v) is 17.7. The van der Waals surface area contributed by atoms with E-state index in [9.17, 15) is 10.2 Å². The summed E-state index contributed by atoms with van der Waals surface area (Å²) >= 11 is 0. The third kappa shape index (κ3) is 3.94. The molecule has 0 fully saturated rings. The Hall–Kier alpha value is -3.15. The number of aliphatic hydroxyl groups excluding tert-OH is 2. The number of nitrogens with zero attached hydrogens (tertiary/aromatic N) is 3. The second-order valence-corrected chi connectivity index (χ2v) is 8.45. The number of hydrogen-bond acceptors (Lipinski definition) is 6. The molecule has 0 aliphatic heterocycles. The Morgan fingerprint density at radius 2 is 1.87 bits per heavy atom. The fourth-order valence-corrected chi connectivity index (χ4v) is 4.78. The highest BCUT2D eigenvalue weighted by Crippen LogP contribution is 2.42.